The fraction of sp³-hybridized carbons (Fsp3) is 0.545. The zero-order valence-electron chi connectivity index (χ0n) is 9.77. The highest BCUT2D eigenvalue weighted by Gasteiger charge is 2.24. The largest absolute Gasteiger partial charge is 0.465 e. The van der Waals surface area contributed by atoms with Crippen LogP contribution in [-0.2, 0) is 13.0 Å². The first-order valence-corrected chi connectivity index (χ1v) is 5.90. The van der Waals surface area contributed by atoms with E-state index in [2.05, 4.69) is 9.97 Å². The zero-order valence-corrected chi connectivity index (χ0v) is 10.5. The average Bonchev–Trinajstić information content (AvgIpc) is 2.27. The summed E-state index contributed by atoms with van der Waals surface area (Å²) in [6, 6.07) is 0. The molecule has 0 aromatic carbocycles. The summed E-state index contributed by atoms with van der Waals surface area (Å²) < 4.78 is 0. The third-order valence-electron chi connectivity index (χ3n) is 2.82. The van der Waals surface area contributed by atoms with E-state index < -0.39 is 6.09 Å². The van der Waals surface area contributed by atoms with Gasteiger partial charge in [-0.05, 0) is 6.42 Å². The molecule has 1 aromatic rings. The molecule has 92 valence electrons. The lowest BCUT2D eigenvalue weighted by Crippen LogP contribution is -2.35. The number of aromatic nitrogens is 2. The molecule has 5 nitrogen and oxygen atoms in total. The lowest BCUT2D eigenvalue weighted by atomic mass is 10.1. The SMILES string of the molecule is CC(C)c1nc(Cl)c2c(n1)CN(C(=O)O)CC2. The van der Waals surface area contributed by atoms with Crippen LogP contribution in [0.2, 0.25) is 5.15 Å². The second-order valence-electron chi connectivity index (χ2n) is 4.41. The van der Waals surface area contributed by atoms with E-state index in [4.69, 9.17) is 16.7 Å². The Morgan fingerprint density at radius 1 is 1.47 bits per heavy atom. The maximum absolute atomic E-state index is 10.9. The summed E-state index contributed by atoms with van der Waals surface area (Å²) >= 11 is 6.10. The molecule has 1 aliphatic rings. The van der Waals surface area contributed by atoms with Crippen molar-refractivity contribution in [2.24, 2.45) is 0 Å². The molecule has 1 amide bonds. The Hall–Kier alpha value is -1.36. The minimum atomic E-state index is -0.920. The summed E-state index contributed by atoms with van der Waals surface area (Å²) in [4.78, 5) is 20.9. The molecule has 0 aliphatic carbocycles. The lowest BCUT2D eigenvalue weighted by molar-refractivity contribution is 0.139. The number of hydrogen-bond donors (Lipinski definition) is 1. The topological polar surface area (TPSA) is 66.3 Å². The van der Waals surface area contributed by atoms with E-state index in [1.165, 1.54) is 4.90 Å². The van der Waals surface area contributed by atoms with Gasteiger partial charge in [-0.25, -0.2) is 14.8 Å². The van der Waals surface area contributed by atoms with Crippen molar-refractivity contribution in [2.45, 2.75) is 32.7 Å². The molecule has 1 N–H and O–H groups in total. The van der Waals surface area contributed by atoms with Gasteiger partial charge >= 0.3 is 6.09 Å². The summed E-state index contributed by atoms with van der Waals surface area (Å²) in [5, 5.41) is 9.42. The molecule has 1 aromatic heterocycles. The Labute approximate surface area is 104 Å². The zero-order chi connectivity index (χ0) is 12.6. The van der Waals surface area contributed by atoms with E-state index in [1.807, 2.05) is 13.8 Å². The molecule has 0 spiro atoms. The quantitative estimate of drug-likeness (QED) is 0.782. The second kappa shape index (κ2) is 4.49. The highest BCUT2D eigenvalue weighted by molar-refractivity contribution is 6.30. The third kappa shape index (κ3) is 2.34. The van der Waals surface area contributed by atoms with Crippen molar-refractivity contribution in [2.75, 3.05) is 6.54 Å². The van der Waals surface area contributed by atoms with Crippen LogP contribution in [0.1, 0.15) is 36.8 Å². The van der Waals surface area contributed by atoms with E-state index in [0.717, 1.165) is 11.3 Å². The number of nitrogens with zero attached hydrogens (tertiary/aromatic N) is 3. The lowest BCUT2D eigenvalue weighted by Gasteiger charge is -2.26. The summed E-state index contributed by atoms with van der Waals surface area (Å²) in [5.41, 5.74) is 1.62. The van der Waals surface area contributed by atoms with Crippen LogP contribution < -0.4 is 0 Å². The van der Waals surface area contributed by atoms with E-state index in [1.54, 1.807) is 0 Å². The summed E-state index contributed by atoms with van der Waals surface area (Å²) in [7, 11) is 0. The monoisotopic (exact) mass is 255 g/mol. The Morgan fingerprint density at radius 3 is 2.76 bits per heavy atom. The molecule has 6 heteroatoms. The molecule has 1 aliphatic heterocycles. The first-order chi connectivity index (χ1) is 7.99. The van der Waals surface area contributed by atoms with Crippen LogP contribution in [0.4, 0.5) is 4.79 Å². The van der Waals surface area contributed by atoms with Gasteiger partial charge in [0.25, 0.3) is 0 Å². The Morgan fingerprint density at radius 2 is 2.18 bits per heavy atom. The third-order valence-corrected chi connectivity index (χ3v) is 3.13. The minimum absolute atomic E-state index is 0.179. The van der Waals surface area contributed by atoms with Gasteiger partial charge in [0.15, 0.2) is 0 Å². The first kappa shape index (κ1) is 12.1. The van der Waals surface area contributed by atoms with Gasteiger partial charge in [0.05, 0.1) is 12.2 Å². The van der Waals surface area contributed by atoms with Gasteiger partial charge < -0.3 is 10.0 Å². The van der Waals surface area contributed by atoms with Gasteiger partial charge in [-0.2, -0.15) is 0 Å². The van der Waals surface area contributed by atoms with Crippen molar-refractivity contribution >= 4 is 17.7 Å². The summed E-state index contributed by atoms with van der Waals surface area (Å²) in [5.74, 6) is 0.846. The van der Waals surface area contributed by atoms with Gasteiger partial charge in [-0.1, -0.05) is 25.4 Å². The van der Waals surface area contributed by atoms with E-state index >= 15 is 0 Å². The molecule has 0 fully saturated rings. The Kier molecular flexibility index (Phi) is 3.19. The fourth-order valence-corrected chi connectivity index (χ4v) is 2.11. The van der Waals surface area contributed by atoms with Gasteiger partial charge in [0.2, 0.25) is 0 Å². The van der Waals surface area contributed by atoms with Crippen LogP contribution in [0.25, 0.3) is 0 Å². The van der Waals surface area contributed by atoms with Gasteiger partial charge in [0.1, 0.15) is 11.0 Å². The van der Waals surface area contributed by atoms with Crippen molar-refractivity contribution in [3.63, 3.8) is 0 Å². The van der Waals surface area contributed by atoms with Crippen LogP contribution in [0.3, 0.4) is 0 Å². The van der Waals surface area contributed by atoms with E-state index in [-0.39, 0.29) is 5.92 Å². The van der Waals surface area contributed by atoms with Crippen molar-refractivity contribution < 1.29 is 9.90 Å². The highest BCUT2D eigenvalue weighted by Crippen LogP contribution is 2.25. The molecule has 0 saturated heterocycles. The molecule has 2 rings (SSSR count). The van der Waals surface area contributed by atoms with Crippen molar-refractivity contribution in [1.29, 1.82) is 0 Å². The summed E-state index contributed by atoms with van der Waals surface area (Å²) in [6.07, 6.45) is -0.338. The van der Waals surface area contributed by atoms with Crippen LogP contribution in [0.15, 0.2) is 0 Å². The predicted octanol–water partition coefficient (Wildman–Crippen LogP) is 2.29. The standard InChI is InChI=1S/C11H14ClN3O2/c1-6(2)10-13-8-5-15(11(16)17)4-3-7(8)9(12)14-10/h6H,3-5H2,1-2H3,(H,16,17). The molecule has 0 bridgehead atoms. The smallest absolute Gasteiger partial charge is 0.407 e. The molecular weight excluding hydrogens is 242 g/mol. The Balaban J connectivity index is 2.38. The second-order valence-corrected chi connectivity index (χ2v) is 4.76. The van der Waals surface area contributed by atoms with Crippen LogP contribution in [0, 0.1) is 0 Å². The van der Waals surface area contributed by atoms with Crippen LogP contribution in [-0.4, -0.2) is 32.6 Å². The normalized spacial score (nSPS) is 14.9. The van der Waals surface area contributed by atoms with Gasteiger partial charge in [-0.3, -0.25) is 0 Å². The number of carbonyl (C=O) groups is 1. The number of fused-ring (bicyclic) bond motifs is 1. The first-order valence-electron chi connectivity index (χ1n) is 5.52. The number of halogens is 1. The van der Waals surface area contributed by atoms with Crippen molar-refractivity contribution in [1.82, 2.24) is 14.9 Å². The minimum Gasteiger partial charge on any atom is -0.465 e. The maximum Gasteiger partial charge on any atom is 0.407 e. The molecule has 17 heavy (non-hydrogen) atoms. The number of rotatable bonds is 1. The average molecular weight is 256 g/mol. The number of hydrogen-bond acceptors (Lipinski definition) is 3. The molecule has 0 radical (unpaired) electrons. The number of amides is 1. The predicted molar refractivity (Wildman–Crippen MR) is 63.3 cm³/mol. The summed E-state index contributed by atoms with van der Waals surface area (Å²) in [6.45, 7) is 4.71. The maximum atomic E-state index is 10.9. The molecule has 0 unspecified atom stereocenters. The van der Waals surface area contributed by atoms with E-state index in [9.17, 15) is 4.79 Å². The van der Waals surface area contributed by atoms with Crippen LogP contribution in [0.5, 0.6) is 0 Å². The van der Waals surface area contributed by atoms with Gasteiger partial charge in [-0.15, -0.1) is 0 Å². The van der Waals surface area contributed by atoms with Crippen molar-refractivity contribution in [3.05, 3.63) is 22.2 Å². The molecule has 0 saturated carbocycles. The Bertz CT molecular complexity index is 462. The van der Waals surface area contributed by atoms with Crippen molar-refractivity contribution in [3.8, 4) is 0 Å². The van der Waals surface area contributed by atoms with Gasteiger partial charge in [0, 0.05) is 18.0 Å². The van der Waals surface area contributed by atoms with Crippen LogP contribution >= 0.6 is 11.6 Å². The molecule has 0 atom stereocenters. The molecular formula is C11H14ClN3O2. The van der Waals surface area contributed by atoms with E-state index in [0.29, 0.717) is 30.5 Å². The highest BCUT2D eigenvalue weighted by atomic mass is 35.5. The molecule has 2 heterocycles. The fourth-order valence-electron chi connectivity index (χ4n) is 1.82. The number of carboxylic acid groups (broad SMARTS) is 1.